The summed E-state index contributed by atoms with van der Waals surface area (Å²) in [5, 5.41) is 16.2. The van der Waals surface area contributed by atoms with Gasteiger partial charge in [0, 0.05) is 26.2 Å². The summed E-state index contributed by atoms with van der Waals surface area (Å²) in [5.74, 6) is 4.79. The third-order valence-electron chi connectivity index (χ3n) is 3.87. The van der Waals surface area contributed by atoms with Crippen molar-refractivity contribution in [3.8, 4) is 0 Å². The van der Waals surface area contributed by atoms with Gasteiger partial charge in [-0.2, -0.15) is 5.10 Å². The van der Waals surface area contributed by atoms with Crippen LogP contribution in [0.3, 0.4) is 0 Å². The van der Waals surface area contributed by atoms with Crippen LogP contribution in [-0.2, 0) is 17.8 Å². The highest BCUT2D eigenvalue weighted by atomic mass is 16.3. The van der Waals surface area contributed by atoms with E-state index in [2.05, 4.69) is 33.5 Å². The number of hydrogen-bond acceptors (Lipinski definition) is 5. The molecule has 1 aliphatic heterocycles. The van der Waals surface area contributed by atoms with E-state index >= 15 is 0 Å². The highest BCUT2D eigenvalue weighted by Crippen LogP contribution is 2.18. The van der Waals surface area contributed by atoms with Crippen LogP contribution in [0.15, 0.2) is 41.5 Å². The van der Waals surface area contributed by atoms with E-state index in [4.69, 9.17) is 5.84 Å². The molecule has 138 valence electrons. The van der Waals surface area contributed by atoms with Crippen LogP contribution in [0.1, 0.15) is 31.9 Å². The van der Waals surface area contributed by atoms with Crippen LogP contribution in [0.4, 0.5) is 0 Å². The van der Waals surface area contributed by atoms with E-state index < -0.39 is 6.10 Å². The summed E-state index contributed by atoms with van der Waals surface area (Å²) in [6.45, 7) is 8.22. The van der Waals surface area contributed by atoms with Gasteiger partial charge in [0.15, 0.2) is 0 Å². The Morgan fingerprint density at radius 2 is 2.08 bits per heavy atom. The molecule has 0 aliphatic carbocycles. The van der Waals surface area contributed by atoms with Crippen molar-refractivity contribution in [3.63, 3.8) is 0 Å². The van der Waals surface area contributed by atoms with Gasteiger partial charge in [-0.1, -0.05) is 44.2 Å². The molecule has 0 saturated heterocycles. The molecular weight excluding hydrogens is 316 g/mol. The Morgan fingerprint density at radius 3 is 2.72 bits per heavy atom. The van der Waals surface area contributed by atoms with Crippen molar-refractivity contribution in [1.82, 2.24) is 10.2 Å². The van der Waals surface area contributed by atoms with Gasteiger partial charge in [0.25, 0.3) is 5.91 Å². The highest BCUT2D eigenvalue weighted by Gasteiger charge is 2.19. The molecule has 0 radical (unpaired) electrons. The largest absolute Gasteiger partial charge is 0.390 e. The molecule has 0 fully saturated rings. The fraction of sp³-hybridized carbons (Fsp3) is 0.474. The molecule has 2 rings (SSSR count). The number of carbonyl (C=O) groups excluding carboxylic acids is 1. The fourth-order valence-corrected chi connectivity index (χ4v) is 2.71. The van der Waals surface area contributed by atoms with Crippen molar-refractivity contribution in [3.05, 3.63) is 47.5 Å². The first-order valence-electron chi connectivity index (χ1n) is 8.80. The fourth-order valence-electron chi connectivity index (χ4n) is 2.71. The summed E-state index contributed by atoms with van der Waals surface area (Å²) >= 11 is 0. The van der Waals surface area contributed by atoms with Crippen LogP contribution in [0.25, 0.3) is 0 Å². The van der Waals surface area contributed by atoms with Gasteiger partial charge in [-0.15, -0.1) is 0 Å². The molecule has 1 aromatic carbocycles. The zero-order valence-corrected chi connectivity index (χ0v) is 15.4. The minimum absolute atomic E-state index is 0.145. The molecule has 1 atom stereocenters. The van der Waals surface area contributed by atoms with Crippen LogP contribution in [0.2, 0.25) is 0 Å². The van der Waals surface area contributed by atoms with Crippen LogP contribution in [0, 0.1) is 0 Å². The molecule has 1 aromatic rings. The van der Waals surface area contributed by atoms with Gasteiger partial charge < -0.3 is 16.3 Å². The topological polar surface area (TPSA) is 90.9 Å². The number of nitrogens with one attached hydrogen (secondary N) is 1. The predicted octanol–water partition coefficient (Wildman–Crippen LogP) is 1.44. The van der Waals surface area contributed by atoms with Gasteiger partial charge in [0.05, 0.1) is 6.10 Å². The van der Waals surface area contributed by atoms with E-state index in [1.54, 1.807) is 13.0 Å². The molecule has 0 spiro atoms. The molecule has 1 amide bonds. The molecule has 0 aromatic heterocycles. The van der Waals surface area contributed by atoms with Gasteiger partial charge in [-0.3, -0.25) is 9.69 Å². The summed E-state index contributed by atoms with van der Waals surface area (Å²) in [7, 11) is 0. The summed E-state index contributed by atoms with van der Waals surface area (Å²) in [4.78, 5) is 14.0. The number of β-amino-alcohol motifs (C(OH)–C–C–N with tert-alkyl or cyclic N) is 1. The molecule has 1 aliphatic rings. The number of hydrazone groups is 1. The summed E-state index contributed by atoms with van der Waals surface area (Å²) in [6, 6.07) is 8.36. The van der Waals surface area contributed by atoms with Crippen LogP contribution < -0.4 is 11.2 Å². The molecule has 6 heteroatoms. The monoisotopic (exact) mass is 346 g/mol. The molecule has 6 nitrogen and oxygen atoms in total. The Kier molecular flexibility index (Phi) is 9.50. The average molecular weight is 346 g/mol. The second-order valence-electron chi connectivity index (χ2n) is 5.63. The van der Waals surface area contributed by atoms with Crippen molar-refractivity contribution in [2.45, 2.75) is 39.8 Å². The number of aliphatic hydroxyl groups excluding tert-OH is 1. The normalized spacial score (nSPS) is 15.9. The number of aliphatic hydroxyl groups is 1. The molecule has 1 unspecified atom stereocenters. The van der Waals surface area contributed by atoms with Gasteiger partial charge in [0.2, 0.25) is 0 Å². The van der Waals surface area contributed by atoms with Crippen molar-refractivity contribution < 1.29 is 9.90 Å². The Balaban J connectivity index is 0.00000151. The van der Waals surface area contributed by atoms with E-state index in [1.165, 1.54) is 17.2 Å². The first kappa shape index (κ1) is 20.9. The lowest BCUT2D eigenvalue weighted by Crippen LogP contribution is -2.43. The lowest BCUT2D eigenvalue weighted by atomic mass is 10.00. The molecule has 1 heterocycles. The molecule has 4 N–H and O–H groups in total. The SMILES string of the molecule is C/C=C\C(=N/N)C(=O)NCC(O)CN1CCc2ccccc2C1.CC. The maximum absolute atomic E-state index is 11.8. The van der Waals surface area contributed by atoms with Crippen molar-refractivity contribution in [2.75, 3.05) is 19.6 Å². The maximum atomic E-state index is 11.8. The average Bonchev–Trinajstić information content (AvgIpc) is 2.65. The number of benzene rings is 1. The van der Waals surface area contributed by atoms with E-state index in [1.807, 2.05) is 19.9 Å². The predicted molar refractivity (Wildman–Crippen MR) is 102 cm³/mol. The van der Waals surface area contributed by atoms with E-state index in [0.29, 0.717) is 6.54 Å². The first-order valence-corrected chi connectivity index (χ1v) is 8.80. The molecular formula is C19H30N4O2. The minimum Gasteiger partial charge on any atom is -0.390 e. The Hall–Kier alpha value is -2.18. The van der Waals surface area contributed by atoms with E-state index in [0.717, 1.165) is 19.5 Å². The molecule has 0 bridgehead atoms. The number of nitrogens with zero attached hydrogens (tertiary/aromatic N) is 2. The number of carbonyl (C=O) groups is 1. The van der Waals surface area contributed by atoms with Gasteiger partial charge >= 0.3 is 0 Å². The van der Waals surface area contributed by atoms with Crippen molar-refractivity contribution in [2.24, 2.45) is 10.9 Å². The quantitative estimate of drug-likeness (QED) is 0.413. The maximum Gasteiger partial charge on any atom is 0.271 e. The molecule has 0 saturated carbocycles. The molecule has 25 heavy (non-hydrogen) atoms. The van der Waals surface area contributed by atoms with E-state index in [-0.39, 0.29) is 18.2 Å². The van der Waals surface area contributed by atoms with Crippen molar-refractivity contribution in [1.29, 1.82) is 0 Å². The number of nitrogens with two attached hydrogens (primary N) is 1. The summed E-state index contributed by atoms with van der Waals surface area (Å²) < 4.78 is 0. The zero-order chi connectivity index (χ0) is 18.7. The zero-order valence-electron chi connectivity index (χ0n) is 15.4. The standard InChI is InChI=1S/C17H24N4O2.C2H6/c1-2-5-16(20-18)17(23)19-10-15(22)12-21-9-8-13-6-3-4-7-14(13)11-21;1-2/h2-7,15,22H,8-12,18H2,1H3,(H,19,23);1-2H3/b5-2-,20-16+;. The summed E-state index contributed by atoms with van der Waals surface area (Å²) in [5.41, 5.74) is 2.83. The number of allylic oxidation sites excluding steroid dienone is 1. The van der Waals surface area contributed by atoms with E-state index in [9.17, 15) is 9.90 Å². The smallest absolute Gasteiger partial charge is 0.271 e. The Labute approximate surface area is 150 Å². The van der Waals surface area contributed by atoms with Crippen molar-refractivity contribution >= 4 is 11.6 Å². The highest BCUT2D eigenvalue weighted by molar-refractivity contribution is 6.43. The lowest BCUT2D eigenvalue weighted by Gasteiger charge is -2.30. The number of rotatable bonds is 6. The van der Waals surface area contributed by atoms with Crippen LogP contribution >= 0.6 is 0 Å². The number of fused-ring (bicyclic) bond motifs is 1. The Bertz CT molecular complexity index is 599. The van der Waals surface area contributed by atoms with Crippen LogP contribution in [0.5, 0.6) is 0 Å². The minimum atomic E-state index is -0.631. The second-order valence-corrected chi connectivity index (χ2v) is 5.63. The third kappa shape index (κ3) is 6.68. The van der Waals surface area contributed by atoms with Gasteiger partial charge in [0.1, 0.15) is 5.71 Å². The number of amides is 1. The third-order valence-corrected chi connectivity index (χ3v) is 3.87. The van der Waals surface area contributed by atoms with Gasteiger partial charge in [-0.05, 0) is 30.5 Å². The summed E-state index contributed by atoms with van der Waals surface area (Å²) in [6.07, 6.45) is 3.57. The Morgan fingerprint density at radius 1 is 1.40 bits per heavy atom. The van der Waals surface area contributed by atoms with Gasteiger partial charge in [-0.25, -0.2) is 0 Å². The number of hydrogen-bond donors (Lipinski definition) is 3. The van der Waals surface area contributed by atoms with Crippen LogP contribution in [-0.4, -0.2) is 47.4 Å². The lowest BCUT2D eigenvalue weighted by molar-refractivity contribution is -0.115. The second kappa shape index (κ2) is 11.4. The first-order chi connectivity index (χ1) is 12.1.